The van der Waals surface area contributed by atoms with Gasteiger partial charge in [0.2, 0.25) is 5.91 Å². The number of hydrogen-bond donors (Lipinski definition) is 2. The molecule has 0 spiro atoms. The number of amides is 1. The molecule has 98 valence electrons. The van der Waals surface area contributed by atoms with E-state index in [1.54, 1.807) is 7.11 Å². The Hall–Kier alpha value is -1.07. The van der Waals surface area contributed by atoms with Gasteiger partial charge >= 0.3 is 0 Å². The Balaban J connectivity index is 2.55. The maximum absolute atomic E-state index is 12.2. The van der Waals surface area contributed by atoms with Gasteiger partial charge in [0.1, 0.15) is 5.75 Å². The van der Waals surface area contributed by atoms with Crippen molar-refractivity contribution >= 4 is 21.8 Å². The van der Waals surface area contributed by atoms with E-state index in [0.717, 1.165) is 41.5 Å². The Bertz CT molecular complexity index is 456. The number of ether oxygens (including phenoxy) is 1. The zero-order valence-corrected chi connectivity index (χ0v) is 11.9. The summed E-state index contributed by atoms with van der Waals surface area (Å²) in [7, 11) is 1.62. The third kappa shape index (κ3) is 2.12. The van der Waals surface area contributed by atoms with Crippen LogP contribution in [0.1, 0.15) is 31.2 Å². The van der Waals surface area contributed by atoms with E-state index in [0.29, 0.717) is 0 Å². The Morgan fingerprint density at radius 3 is 2.67 bits per heavy atom. The highest BCUT2D eigenvalue weighted by Gasteiger charge is 2.44. The molecule has 0 bridgehead atoms. The first-order valence-corrected chi connectivity index (χ1v) is 6.78. The van der Waals surface area contributed by atoms with Gasteiger partial charge < -0.3 is 4.74 Å². The van der Waals surface area contributed by atoms with E-state index in [2.05, 4.69) is 21.4 Å². The lowest BCUT2D eigenvalue weighted by Crippen LogP contribution is -2.45. The molecule has 1 aliphatic rings. The Kier molecular flexibility index (Phi) is 3.92. The molecule has 0 radical (unpaired) electrons. The van der Waals surface area contributed by atoms with Crippen LogP contribution in [-0.4, -0.2) is 13.0 Å². The molecule has 4 nitrogen and oxygen atoms in total. The smallest absolute Gasteiger partial charge is 0.244 e. The molecule has 5 heteroatoms. The summed E-state index contributed by atoms with van der Waals surface area (Å²) in [5, 5.41) is 0. The minimum absolute atomic E-state index is 0.128. The molecule has 3 N–H and O–H groups in total. The molecule has 1 saturated carbocycles. The highest BCUT2D eigenvalue weighted by molar-refractivity contribution is 9.10. The molecule has 1 aromatic carbocycles. The maximum atomic E-state index is 12.2. The summed E-state index contributed by atoms with van der Waals surface area (Å²) >= 11 is 3.45. The van der Waals surface area contributed by atoms with E-state index >= 15 is 0 Å². The lowest BCUT2D eigenvalue weighted by molar-refractivity contribution is -0.126. The van der Waals surface area contributed by atoms with Crippen LogP contribution in [0.15, 0.2) is 22.7 Å². The van der Waals surface area contributed by atoms with E-state index in [-0.39, 0.29) is 5.91 Å². The molecule has 0 aliphatic heterocycles. The number of benzene rings is 1. The molecule has 1 aliphatic carbocycles. The van der Waals surface area contributed by atoms with Gasteiger partial charge in [-0.1, -0.05) is 28.8 Å². The number of nitrogens with two attached hydrogens (primary N) is 1. The van der Waals surface area contributed by atoms with Crippen molar-refractivity contribution in [1.29, 1.82) is 0 Å². The summed E-state index contributed by atoms with van der Waals surface area (Å²) in [5.41, 5.74) is 2.67. The van der Waals surface area contributed by atoms with Gasteiger partial charge in [-0.05, 0) is 31.0 Å². The van der Waals surface area contributed by atoms with E-state index < -0.39 is 5.41 Å². The zero-order valence-electron chi connectivity index (χ0n) is 10.3. The normalized spacial score (nSPS) is 17.5. The molecule has 0 atom stereocenters. The molecule has 0 aromatic heterocycles. The van der Waals surface area contributed by atoms with Crippen LogP contribution in [0.3, 0.4) is 0 Å². The third-order valence-electron chi connectivity index (χ3n) is 3.70. The van der Waals surface area contributed by atoms with Gasteiger partial charge in [-0.2, -0.15) is 0 Å². The summed E-state index contributed by atoms with van der Waals surface area (Å²) in [6.07, 6.45) is 3.68. The molecule has 1 fully saturated rings. The van der Waals surface area contributed by atoms with E-state index in [1.165, 1.54) is 0 Å². The predicted molar refractivity (Wildman–Crippen MR) is 73.2 cm³/mol. The molecular weight excluding hydrogens is 296 g/mol. The molecule has 0 unspecified atom stereocenters. The lowest BCUT2D eigenvalue weighted by atomic mass is 9.77. The van der Waals surface area contributed by atoms with Crippen LogP contribution >= 0.6 is 15.9 Å². The summed E-state index contributed by atoms with van der Waals surface area (Å²) < 4.78 is 6.33. The second kappa shape index (κ2) is 5.28. The number of nitrogens with one attached hydrogen (secondary N) is 1. The lowest BCUT2D eigenvalue weighted by Gasteiger charge is -2.29. The van der Waals surface area contributed by atoms with Crippen LogP contribution in [0, 0.1) is 0 Å². The topological polar surface area (TPSA) is 64.3 Å². The molecule has 2 rings (SSSR count). The van der Waals surface area contributed by atoms with Gasteiger partial charge in [0, 0.05) is 10.0 Å². The van der Waals surface area contributed by atoms with Crippen LogP contribution in [0.4, 0.5) is 0 Å². The minimum Gasteiger partial charge on any atom is -0.496 e. The van der Waals surface area contributed by atoms with Crippen molar-refractivity contribution < 1.29 is 9.53 Å². The molecule has 18 heavy (non-hydrogen) atoms. The van der Waals surface area contributed by atoms with Crippen LogP contribution < -0.4 is 16.0 Å². The molecule has 1 amide bonds. The van der Waals surface area contributed by atoms with Crippen molar-refractivity contribution in [3.8, 4) is 5.75 Å². The molecule has 0 saturated heterocycles. The van der Waals surface area contributed by atoms with Gasteiger partial charge in [-0.15, -0.1) is 0 Å². The van der Waals surface area contributed by atoms with Crippen LogP contribution in [0.2, 0.25) is 0 Å². The van der Waals surface area contributed by atoms with E-state index in [9.17, 15) is 4.79 Å². The van der Waals surface area contributed by atoms with Crippen molar-refractivity contribution in [3.63, 3.8) is 0 Å². The standard InChI is InChI=1S/C13H17BrN2O2/c1-18-11-5-4-9(14)8-10(11)13(12(17)16-15)6-2-3-7-13/h4-5,8H,2-3,6-7,15H2,1H3,(H,16,17). The van der Waals surface area contributed by atoms with Gasteiger partial charge in [-0.25, -0.2) is 5.84 Å². The van der Waals surface area contributed by atoms with Crippen molar-refractivity contribution in [2.24, 2.45) is 5.84 Å². The number of hydrogen-bond acceptors (Lipinski definition) is 3. The van der Waals surface area contributed by atoms with Crippen molar-refractivity contribution in [3.05, 3.63) is 28.2 Å². The number of carbonyl (C=O) groups is 1. The molecule has 1 aromatic rings. The Labute approximate surface area is 115 Å². The molecular formula is C13H17BrN2O2. The fraction of sp³-hybridized carbons (Fsp3) is 0.462. The van der Waals surface area contributed by atoms with E-state index in [4.69, 9.17) is 10.6 Å². The molecule has 0 heterocycles. The van der Waals surface area contributed by atoms with Crippen LogP contribution in [0.5, 0.6) is 5.75 Å². The van der Waals surface area contributed by atoms with Gasteiger partial charge in [0.15, 0.2) is 0 Å². The SMILES string of the molecule is COc1ccc(Br)cc1C1(C(=O)NN)CCCC1. The Morgan fingerprint density at radius 1 is 1.44 bits per heavy atom. The monoisotopic (exact) mass is 312 g/mol. The number of halogens is 1. The van der Waals surface area contributed by atoms with Crippen molar-refractivity contribution in [2.75, 3.05) is 7.11 Å². The van der Waals surface area contributed by atoms with Crippen molar-refractivity contribution in [2.45, 2.75) is 31.1 Å². The summed E-state index contributed by atoms with van der Waals surface area (Å²) in [5.74, 6) is 5.96. The van der Waals surface area contributed by atoms with Crippen LogP contribution in [-0.2, 0) is 10.2 Å². The van der Waals surface area contributed by atoms with Crippen molar-refractivity contribution in [1.82, 2.24) is 5.43 Å². The number of carbonyl (C=O) groups excluding carboxylic acids is 1. The second-order valence-electron chi connectivity index (χ2n) is 4.61. The van der Waals surface area contributed by atoms with Gasteiger partial charge in [0.25, 0.3) is 0 Å². The predicted octanol–water partition coefficient (Wildman–Crippen LogP) is 2.26. The average molecular weight is 313 g/mol. The highest BCUT2D eigenvalue weighted by Crippen LogP contribution is 2.45. The second-order valence-corrected chi connectivity index (χ2v) is 5.52. The van der Waals surface area contributed by atoms with Crippen LogP contribution in [0.25, 0.3) is 0 Å². The van der Waals surface area contributed by atoms with E-state index in [1.807, 2.05) is 18.2 Å². The summed E-state index contributed by atoms with van der Waals surface area (Å²) in [4.78, 5) is 12.2. The average Bonchev–Trinajstić information content (AvgIpc) is 2.88. The Morgan fingerprint density at radius 2 is 2.11 bits per heavy atom. The first kappa shape index (κ1) is 13.4. The largest absolute Gasteiger partial charge is 0.496 e. The third-order valence-corrected chi connectivity index (χ3v) is 4.19. The summed E-state index contributed by atoms with van der Waals surface area (Å²) in [6, 6.07) is 5.74. The minimum atomic E-state index is -0.552. The first-order valence-electron chi connectivity index (χ1n) is 5.99. The quantitative estimate of drug-likeness (QED) is 0.511. The van der Waals surface area contributed by atoms with Gasteiger partial charge in [0.05, 0.1) is 12.5 Å². The van der Waals surface area contributed by atoms with Gasteiger partial charge in [-0.3, -0.25) is 10.2 Å². The maximum Gasteiger partial charge on any atom is 0.244 e. The first-order chi connectivity index (χ1) is 8.64. The number of hydrazine groups is 1. The number of rotatable bonds is 3. The number of methoxy groups -OCH3 is 1. The zero-order chi connectivity index (χ0) is 13.2. The summed E-state index contributed by atoms with van der Waals surface area (Å²) in [6.45, 7) is 0. The fourth-order valence-electron chi connectivity index (χ4n) is 2.79. The highest BCUT2D eigenvalue weighted by atomic mass is 79.9. The fourth-order valence-corrected chi connectivity index (χ4v) is 3.15.